The molecule has 0 aliphatic rings. The molecule has 0 aliphatic heterocycles. The van der Waals surface area contributed by atoms with E-state index in [0.29, 0.717) is 6.54 Å². The Morgan fingerprint density at radius 2 is 1.21 bits per heavy atom. The van der Waals surface area contributed by atoms with Crippen LogP contribution in [0, 0.1) is 6.92 Å². The second-order valence-electron chi connectivity index (χ2n) is 4.91. The zero-order valence-electron chi connectivity index (χ0n) is 12.4. The maximum atomic E-state index is 9.87. The van der Waals surface area contributed by atoms with Gasteiger partial charge in [-0.3, -0.25) is 0 Å². The van der Waals surface area contributed by atoms with Crippen LogP contribution in [0.2, 0.25) is 0 Å². The Bertz CT molecular complexity index is 721. The van der Waals surface area contributed by atoms with E-state index in [2.05, 4.69) is 41.2 Å². The van der Waals surface area contributed by atoms with Gasteiger partial charge in [-0.2, -0.15) is 0 Å². The van der Waals surface area contributed by atoms with Crippen molar-refractivity contribution in [3.63, 3.8) is 0 Å². The Morgan fingerprint density at radius 3 is 1.58 bits per heavy atom. The number of hydrogen-bond donors (Lipinski definition) is 0. The average molecular weight is 368 g/mol. The van der Waals surface area contributed by atoms with E-state index in [0.717, 1.165) is 5.56 Å². The summed E-state index contributed by atoms with van der Waals surface area (Å²) < 4.78 is 59.2. The van der Waals surface area contributed by atoms with E-state index in [1.165, 1.54) is 16.7 Å². The van der Waals surface area contributed by atoms with Crippen LogP contribution >= 0.6 is 7.81 Å². The number of aryl methyl sites for hydroxylation is 1. The minimum absolute atomic E-state index is 0.407. The molecule has 0 N–H and O–H groups in total. The van der Waals surface area contributed by atoms with Crippen LogP contribution in [0.1, 0.15) is 11.1 Å². The van der Waals surface area contributed by atoms with Crippen LogP contribution in [0.15, 0.2) is 53.6 Å². The van der Waals surface area contributed by atoms with Crippen LogP contribution in [-0.2, 0) is 6.54 Å². The Labute approximate surface area is 133 Å². The van der Waals surface area contributed by atoms with Gasteiger partial charge in [0, 0.05) is 4.91 Å². The fourth-order valence-corrected chi connectivity index (χ4v) is 1.66. The molecular weight excluding hydrogens is 355 g/mol. The monoisotopic (exact) mass is 368 g/mol. The van der Waals surface area contributed by atoms with Crippen molar-refractivity contribution in [3.8, 4) is 11.1 Å². The molecule has 0 aliphatic carbocycles. The summed E-state index contributed by atoms with van der Waals surface area (Å²) in [6.45, 7) is 2.48. The molecule has 0 amide bonds. The Balaban J connectivity index is 0.000000351. The third-order valence-electron chi connectivity index (χ3n) is 2.66. The van der Waals surface area contributed by atoms with Gasteiger partial charge in [-0.1, -0.05) is 59.2 Å². The summed E-state index contributed by atoms with van der Waals surface area (Å²) in [4.78, 5) is 2.75. The van der Waals surface area contributed by atoms with Crippen LogP contribution in [0.3, 0.4) is 0 Å². The third-order valence-corrected chi connectivity index (χ3v) is 2.66. The zero-order valence-corrected chi connectivity index (χ0v) is 13.3. The van der Waals surface area contributed by atoms with E-state index in [9.17, 15) is 25.2 Å². The van der Waals surface area contributed by atoms with Crippen molar-refractivity contribution in [1.82, 2.24) is 0 Å². The molecule has 0 spiro atoms. The van der Waals surface area contributed by atoms with Crippen molar-refractivity contribution in [2.75, 3.05) is 0 Å². The van der Waals surface area contributed by atoms with Gasteiger partial charge in [0.05, 0.1) is 6.54 Å². The normalized spacial score (nSPS) is 13.6. The van der Waals surface area contributed by atoms with Gasteiger partial charge < -0.3 is 0 Å². The van der Waals surface area contributed by atoms with Crippen molar-refractivity contribution < 1.29 is 25.2 Å². The average Bonchev–Trinajstić information content (AvgIpc) is 2.43. The molecular formula is C14H13F6N3P-. The van der Waals surface area contributed by atoms with E-state index in [1.54, 1.807) is 0 Å². The van der Waals surface area contributed by atoms with E-state index < -0.39 is 7.81 Å². The summed E-state index contributed by atoms with van der Waals surface area (Å²) in [6, 6.07) is 16.5. The van der Waals surface area contributed by atoms with Crippen molar-refractivity contribution >= 4 is 7.81 Å². The topological polar surface area (TPSA) is 48.8 Å². The Hall–Kier alpha value is -2.24. The molecule has 3 nitrogen and oxygen atoms in total. The summed E-state index contributed by atoms with van der Waals surface area (Å²) in [5, 5.41) is 3.54. The quantitative estimate of drug-likeness (QED) is 0.174. The van der Waals surface area contributed by atoms with Gasteiger partial charge in [0.1, 0.15) is 0 Å². The first-order chi connectivity index (χ1) is 10.7. The first-order valence-electron chi connectivity index (χ1n) is 6.48. The fraction of sp³-hybridized carbons (Fsp3) is 0.143. The SMILES string of the molecule is Cc1ccc(-c2ccc(CN=[N+]=[N-])cc2)cc1.F[P-](F)(F)(F)(F)F. The van der Waals surface area contributed by atoms with Gasteiger partial charge in [0.2, 0.25) is 0 Å². The van der Waals surface area contributed by atoms with Crippen LogP contribution < -0.4 is 0 Å². The summed E-state index contributed by atoms with van der Waals surface area (Å²) in [7, 11) is -10.7. The molecule has 2 rings (SSSR count). The molecule has 0 saturated carbocycles. The molecule has 0 unspecified atom stereocenters. The van der Waals surface area contributed by atoms with Crippen molar-refractivity contribution in [1.29, 1.82) is 0 Å². The maximum absolute atomic E-state index is 10.7. The number of halogens is 6. The Morgan fingerprint density at radius 1 is 0.833 bits per heavy atom. The number of nitrogens with zero attached hydrogens (tertiary/aromatic N) is 3. The molecule has 0 bridgehead atoms. The first kappa shape index (κ1) is 19.8. The van der Waals surface area contributed by atoms with Crippen LogP contribution in [0.25, 0.3) is 21.6 Å². The van der Waals surface area contributed by atoms with Gasteiger partial charge in [-0.05, 0) is 29.1 Å². The standard InChI is InChI=1S/C14H13N3.F6P/c1-11-2-6-13(7-3-11)14-8-4-12(5-9-14)10-16-17-15;1-7(2,3,4,5)6/h2-9H,10H2,1H3;/q;-1. The van der Waals surface area contributed by atoms with E-state index >= 15 is 0 Å². The van der Waals surface area contributed by atoms with E-state index in [4.69, 9.17) is 5.53 Å². The van der Waals surface area contributed by atoms with Gasteiger partial charge in [0.25, 0.3) is 0 Å². The van der Waals surface area contributed by atoms with Crippen molar-refractivity contribution in [2.24, 2.45) is 5.11 Å². The van der Waals surface area contributed by atoms with Crippen LogP contribution in [0.4, 0.5) is 25.2 Å². The molecule has 132 valence electrons. The third kappa shape index (κ3) is 10.5. The summed E-state index contributed by atoms with van der Waals surface area (Å²) in [5.74, 6) is 0. The summed E-state index contributed by atoms with van der Waals surface area (Å²) in [6.07, 6.45) is 0. The molecule has 0 saturated heterocycles. The minimum atomic E-state index is -10.7. The molecule has 0 radical (unpaired) electrons. The second-order valence-corrected chi connectivity index (χ2v) is 6.83. The molecule has 2 aromatic carbocycles. The molecule has 0 atom stereocenters. The van der Waals surface area contributed by atoms with Crippen molar-refractivity contribution in [2.45, 2.75) is 13.5 Å². The van der Waals surface area contributed by atoms with E-state index in [1.807, 2.05) is 24.3 Å². The molecule has 0 aromatic heterocycles. The molecule has 10 heteroatoms. The van der Waals surface area contributed by atoms with Crippen LogP contribution in [-0.4, -0.2) is 0 Å². The zero-order chi connectivity index (χ0) is 18.5. The van der Waals surface area contributed by atoms with Crippen LogP contribution in [0.5, 0.6) is 0 Å². The number of rotatable bonds is 3. The fourth-order valence-electron chi connectivity index (χ4n) is 1.66. The van der Waals surface area contributed by atoms with Crippen molar-refractivity contribution in [3.05, 3.63) is 70.1 Å². The molecule has 0 fully saturated rings. The number of benzene rings is 2. The predicted molar refractivity (Wildman–Crippen MR) is 83.0 cm³/mol. The van der Waals surface area contributed by atoms with Gasteiger partial charge >= 0.3 is 33.0 Å². The number of hydrogen-bond acceptors (Lipinski definition) is 1. The van der Waals surface area contributed by atoms with Gasteiger partial charge in [-0.25, -0.2) is 0 Å². The molecule has 0 heterocycles. The van der Waals surface area contributed by atoms with E-state index in [-0.39, 0.29) is 0 Å². The predicted octanol–water partition coefficient (Wildman–Crippen LogP) is 7.85. The second kappa shape index (κ2) is 6.34. The number of azide groups is 1. The molecule has 2 aromatic rings. The molecule has 24 heavy (non-hydrogen) atoms. The first-order valence-corrected chi connectivity index (χ1v) is 8.51. The van der Waals surface area contributed by atoms with Gasteiger partial charge in [0.15, 0.2) is 0 Å². The summed E-state index contributed by atoms with van der Waals surface area (Å²) >= 11 is 0. The summed E-state index contributed by atoms with van der Waals surface area (Å²) in [5.41, 5.74) is 12.9. The Kier molecular flexibility index (Phi) is 5.23. The van der Waals surface area contributed by atoms with Gasteiger partial charge in [-0.15, -0.1) is 0 Å².